The second kappa shape index (κ2) is 6.55. The molecule has 0 fully saturated rings. The van der Waals surface area contributed by atoms with Gasteiger partial charge in [0.05, 0.1) is 12.8 Å². The molecule has 0 saturated heterocycles. The van der Waals surface area contributed by atoms with Gasteiger partial charge in [-0.05, 0) is 12.1 Å². The van der Waals surface area contributed by atoms with E-state index in [9.17, 15) is 4.79 Å². The minimum Gasteiger partial charge on any atom is -0.687 e. The maximum atomic E-state index is 10.7. The van der Waals surface area contributed by atoms with E-state index >= 15 is 0 Å². The Bertz CT molecular complexity index is 344. The molecule has 0 bridgehead atoms. The molecule has 1 rings (SSSR count). The van der Waals surface area contributed by atoms with Crippen LogP contribution in [0.5, 0.6) is 5.75 Å². The Morgan fingerprint density at radius 3 is 2.67 bits per heavy atom. The first-order valence-corrected chi connectivity index (χ1v) is 4.01. The Hall–Kier alpha value is -0.910. The zero-order valence-corrected chi connectivity index (χ0v) is 11.1. The molecule has 0 atom stereocenters. The van der Waals surface area contributed by atoms with Crippen molar-refractivity contribution in [2.75, 3.05) is 19.5 Å². The number of ether oxygens (including phenoxy) is 1. The van der Waals surface area contributed by atoms with Crippen LogP contribution < -0.4 is 45.3 Å². The Labute approximate surface area is 111 Å². The molecule has 15 heavy (non-hydrogen) atoms. The first-order valence-electron chi connectivity index (χ1n) is 4.01. The SMILES string of the molecule is C[N-]c1ccc(OC)c(NC(N)=O)c1.[Na+]. The second-order valence-electron chi connectivity index (χ2n) is 2.60. The van der Waals surface area contributed by atoms with Crippen LogP contribution in [0.15, 0.2) is 18.2 Å². The van der Waals surface area contributed by atoms with Crippen LogP contribution in [0.2, 0.25) is 0 Å². The number of benzene rings is 1. The first-order chi connectivity index (χ1) is 6.67. The molecule has 0 saturated carbocycles. The number of carbonyl (C=O) groups is 1. The maximum Gasteiger partial charge on any atom is 1.00 e. The molecule has 0 aliphatic heterocycles. The quantitative estimate of drug-likeness (QED) is 0.625. The summed E-state index contributed by atoms with van der Waals surface area (Å²) in [7, 11) is 3.18. The zero-order valence-electron chi connectivity index (χ0n) is 9.07. The monoisotopic (exact) mass is 217 g/mol. The number of nitrogens with one attached hydrogen (secondary N) is 1. The van der Waals surface area contributed by atoms with Gasteiger partial charge in [0.25, 0.3) is 0 Å². The smallest absolute Gasteiger partial charge is 0.687 e. The van der Waals surface area contributed by atoms with Gasteiger partial charge in [-0.3, -0.25) is 0 Å². The van der Waals surface area contributed by atoms with Crippen molar-refractivity contribution in [1.82, 2.24) is 0 Å². The van der Waals surface area contributed by atoms with Gasteiger partial charge in [0, 0.05) is 0 Å². The van der Waals surface area contributed by atoms with E-state index in [1.807, 2.05) is 0 Å². The van der Waals surface area contributed by atoms with Gasteiger partial charge in [-0.15, -0.1) is 12.7 Å². The van der Waals surface area contributed by atoms with Crippen molar-refractivity contribution in [1.29, 1.82) is 0 Å². The Balaban J connectivity index is 0.00000196. The van der Waals surface area contributed by atoms with Crippen molar-refractivity contribution in [2.45, 2.75) is 0 Å². The summed E-state index contributed by atoms with van der Waals surface area (Å²) in [4.78, 5) is 10.7. The predicted octanol–water partition coefficient (Wildman–Crippen LogP) is -1.18. The molecule has 6 heteroatoms. The predicted molar refractivity (Wildman–Crippen MR) is 55.1 cm³/mol. The molecule has 1 aromatic carbocycles. The Morgan fingerprint density at radius 1 is 1.53 bits per heavy atom. The third kappa shape index (κ3) is 3.99. The fourth-order valence-corrected chi connectivity index (χ4v) is 1.07. The number of urea groups is 1. The molecular formula is C9H12N3NaO2. The number of nitrogens with zero attached hydrogens (tertiary/aromatic N) is 1. The molecule has 5 nitrogen and oxygen atoms in total. The first kappa shape index (κ1) is 14.1. The van der Waals surface area contributed by atoms with E-state index in [4.69, 9.17) is 10.5 Å². The summed E-state index contributed by atoms with van der Waals surface area (Å²) in [5, 5.41) is 6.42. The molecule has 3 N–H and O–H groups in total. The molecule has 0 aromatic heterocycles. The Morgan fingerprint density at radius 2 is 2.20 bits per heavy atom. The molecule has 0 aliphatic carbocycles. The molecule has 2 amide bonds. The average molecular weight is 217 g/mol. The largest absolute Gasteiger partial charge is 1.00 e. The van der Waals surface area contributed by atoms with Crippen LogP contribution >= 0.6 is 0 Å². The van der Waals surface area contributed by atoms with Crippen molar-refractivity contribution in [3.8, 4) is 5.75 Å². The molecule has 0 heterocycles. The van der Waals surface area contributed by atoms with Crippen molar-refractivity contribution < 1.29 is 39.1 Å². The van der Waals surface area contributed by atoms with Crippen LogP contribution in [-0.2, 0) is 0 Å². The van der Waals surface area contributed by atoms with Crippen LogP contribution in [0.1, 0.15) is 0 Å². The molecule has 0 radical (unpaired) electrons. The summed E-state index contributed by atoms with van der Waals surface area (Å²) in [5.41, 5.74) is 6.27. The number of nitrogens with two attached hydrogens (primary N) is 1. The van der Waals surface area contributed by atoms with Gasteiger partial charge in [0.1, 0.15) is 5.75 Å². The molecule has 76 valence electrons. The van der Waals surface area contributed by atoms with Gasteiger partial charge in [-0.25, -0.2) is 4.79 Å². The van der Waals surface area contributed by atoms with Gasteiger partial charge < -0.3 is 21.1 Å². The van der Waals surface area contributed by atoms with Crippen molar-refractivity contribution >= 4 is 17.4 Å². The molecule has 0 spiro atoms. The fraction of sp³-hybridized carbons (Fsp3) is 0.222. The summed E-state index contributed by atoms with van der Waals surface area (Å²) in [6.07, 6.45) is 0. The third-order valence-electron chi connectivity index (χ3n) is 1.70. The van der Waals surface area contributed by atoms with Crippen LogP contribution in [0, 0.1) is 0 Å². The number of hydrogen-bond acceptors (Lipinski definition) is 2. The van der Waals surface area contributed by atoms with Crippen molar-refractivity contribution in [3.63, 3.8) is 0 Å². The van der Waals surface area contributed by atoms with Gasteiger partial charge in [-0.1, -0.05) is 6.07 Å². The number of rotatable bonds is 3. The van der Waals surface area contributed by atoms with Crippen LogP contribution in [0.4, 0.5) is 16.2 Å². The zero-order chi connectivity index (χ0) is 10.6. The van der Waals surface area contributed by atoms with Crippen LogP contribution in [0.25, 0.3) is 5.32 Å². The van der Waals surface area contributed by atoms with E-state index in [-0.39, 0.29) is 29.6 Å². The topological polar surface area (TPSA) is 78.4 Å². The van der Waals surface area contributed by atoms with Gasteiger partial charge in [0.2, 0.25) is 0 Å². The molecular weight excluding hydrogens is 205 g/mol. The minimum absolute atomic E-state index is 0. The standard InChI is InChI=1S/C9H12N3O2.Na/c1-11-6-3-4-8(14-2)7(5-6)12-9(10)13;/h3-5H,1-2H3,(H3,10,12,13);/q-1;+1. The van der Waals surface area contributed by atoms with E-state index in [1.54, 1.807) is 25.2 Å². The molecule has 1 aromatic rings. The van der Waals surface area contributed by atoms with E-state index in [0.717, 1.165) is 5.69 Å². The van der Waals surface area contributed by atoms with Crippen LogP contribution in [-0.4, -0.2) is 20.2 Å². The molecule has 0 unspecified atom stereocenters. The Kier molecular flexibility index (Phi) is 6.15. The normalized spacial score (nSPS) is 8.67. The number of primary amides is 1. The van der Waals surface area contributed by atoms with Gasteiger partial charge >= 0.3 is 35.6 Å². The van der Waals surface area contributed by atoms with Crippen LogP contribution in [0.3, 0.4) is 0 Å². The van der Waals surface area contributed by atoms with Gasteiger partial charge in [0.15, 0.2) is 0 Å². The third-order valence-corrected chi connectivity index (χ3v) is 1.70. The second-order valence-corrected chi connectivity index (χ2v) is 2.60. The molecule has 0 aliphatic rings. The number of anilines is 1. The summed E-state index contributed by atoms with van der Waals surface area (Å²) in [5.74, 6) is 0.552. The summed E-state index contributed by atoms with van der Waals surface area (Å²) in [6.45, 7) is 0. The van der Waals surface area contributed by atoms with Crippen molar-refractivity contribution in [2.24, 2.45) is 5.73 Å². The maximum absolute atomic E-state index is 10.7. The fourth-order valence-electron chi connectivity index (χ4n) is 1.07. The average Bonchev–Trinajstić information content (AvgIpc) is 2.16. The summed E-state index contributed by atoms with van der Waals surface area (Å²) >= 11 is 0. The summed E-state index contributed by atoms with van der Waals surface area (Å²) < 4.78 is 5.03. The minimum atomic E-state index is -0.628. The van der Waals surface area contributed by atoms with E-state index < -0.39 is 6.03 Å². The number of hydrogen-bond donors (Lipinski definition) is 2. The number of methoxy groups -OCH3 is 1. The summed E-state index contributed by atoms with van der Waals surface area (Å²) in [6, 6.07) is 4.55. The number of amides is 2. The van der Waals surface area contributed by atoms with Crippen molar-refractivity contribution in [3.05, 3.63) is 23.5 Å². The van der Waals surface area contributed by atoms with E-state index in [0.29, 0.717) is 11.4 Å². The van der Waals surface area contributed by atoms with E-state index in [2.05, 4.69) is 10.6 Å². The van der Waals surface area contributed by atoms with E-state index in [1.165, 1.54) is 7.11 Å². The van der Waals surface area contributed by atoms with Gasteiger partial charge in [-0.2, -0.15) is 0 Å². The number of carbonyl (C=O) groups excluding carboxylic acids is 1.